The van der Waals surface area contributed by atoms with Gasteiger partial charge in [0.25, 0.3) is 0 Å². The summed E-state index contributed by atoms with van der Waals surface area (Å²) < 4.78 is 44.3. The molecule has 8 heteroatoms. The van der Waals surface area contributed by atoms with Crippen LogP contribution in [0.25, 0.3) is 11.3 Å². The number of amides is 1. The van der Waals surface area contributed by atoms with E-state index in [0.717, 1.165) is 11.6 Å². The van der Waals surface area contributed by atoms with E-state index in [1.54, 1.807) is 29.2 Å². The average Bonchev–Trinajstić information content (AvgIpc) is 2.63. The van der Waals surface area contributed by atoms with Crippen molar-refractivity contribution in [2.75, 3.05) is 19.8 Å². The number of halogens is 3. The first-order valence-corrected chi connectivity index (χ1v) is 8.23. The minimum absolute atomic E-state index is 0.00109. The van der Waals surface area contributed by atoms with E-state index in [9.17, 15) is 23.2 Å². The zero-order valence-electron chi connectivity index (χ0n) is 14.5. The van der Waals surface area contributed by atoms with Crippen LogP contribution in [0.15, 0.2) is 30.3 Å². The van der Waals surface area contributed by atoms with Crippen LogP contribution < -0.4 is 0 Å². The minimum atomic E-state index is -4.59. The summed E-state index contributed by atoms with van der Waals surface area (Å²) in [4.78, 5) is 17.1. The fourth-order valence-electron chi connectivity index (χ4n) is 2.87. The van der Waals surface area contributed by atoms with E-state index in [-0.39, 0.29) is 29.3 Å². The standard InChI is InChI=1S/C19H16F3N3O2/c1-12-8-16(19(20,21)22)24-18(15(12)9-23)14-4-2-13(3-5-14)10-25-6-7-27-11-17(25)26/h2-5,8H,6-7,10-11H2,1H3. The minimum Gasteiger partial charge on any atom is -0.370 e. The molecule has 2 heterocycles. The van der Waals surface area contributed by atoms with E-state index in [1.165, 1.54) is 6.92 Å². The van der Waals surface area contributed by atoms with Crippen LogP contribution in [-0.2, 0) is 22.3 Å². The molecule has 0 radical (unpaired) electrons. The topological polar surface area (TPSA) is 66.2 Å². The Bertz CT molecular complexity index is 902. The number of hydrogen-bond acceptors (Lipinski definition) is 4. The number of nitriles is 1. The third-order valence-electron chi connectivity index (χ3n) is 4.30. The summed E-state index contributed by atoms with van der Waals surface area (Å²) in [5.41, 5.74) is 0.543. The molecule has 0 saturated carbocycles. The number of benzene rings is 1. The lowest BCUT2D eigenvalue weighted by atomic mass is 10.0. The average molecular weight is 375 g/mol. The molecule has 140 valence electrons. The third-order valence-corrected chi connectivity index (χ3v) is 4.30. The number of alkyl halides is 3. The number of ether oxygens (including phenoxy) is 1. The number of aromatic nitrogens is 1. The molecule has 0 N–H and O–H groups in total. The number of aryl methyl sites for hydroxylation is 1. The van der Waals surface area contributed by atoms with E-state index in [2.05, 4.69) is 4.98 Å². The summed E-state index contributed by atoms with van der Waals surface area (Å²) >= 11 is 0. The van der Waals surface area contributed by atoms with Crippen molar-refractivity contribution in [1.82, 2.24) is 9.88 Å². The van der Waals surface area contributed by atoms with Gasteiger partial charge < -0.3 is 9.64 Å². The van der Waals surface area contributed by atoms with Crippen LogP contribution in [-0.4, -0.2) is 35.5 Å². The first-order chi connectivity index (χ1) is 12.8. The maximum atomic E-state index is 13.1. The van der Waals surface area contributed by atoms with E-state index in [4.69, 9.17) is 4.74 Å². The van der Waals surface area contributed by atoms with Crippen LogP contribution in [0.2, 0.25) is 0 Å². The Balaban J connectivity index is 1.91. The number of rotatable bonds is 3. The van der Waals surface area contributed by atoms with Crippen molar-refractivity contribution in [3.8, 4) is 17.3 Å². The first-order valence-electron chi connectivity index (χ1n) is 8.23. The van der Waals surface area contributed by atoms with Gasteiger partial charge in [-0.3, -0.25) is 4.79 Å². The lowest BCUT2D eigenvalue weighted by Gasteiger charge is -2.26. The molecule has 1 aliphatic rings. The van der Waals surface area contributed by atoms with Crippen LogP contribution in [0, 0.1) is 18.3 Å². The van der Waals surface area contributed by atoms with E-state index in [1.807, 2.05) is 6.07 Å². The quantitative estimate of drug-likeness (QED) is 0.826. The van der Waals surface area contributed by atoms with Gasteiger partial charge in [0.05, 0.1) is 17.9 Å². The summed E-state index contributed by atoms with van der Waals surface area (Å²) in [5, 5.41) is 9.33. The van der Waals surface area contributed by atoms with E-state index < -0.39 is 11.9 Å². The fraction of sp³-hybridized carbons (Fsp3) is 0.316. The second-order valence-corrected chi connectivity index (χ2v) is 6.22. The molecule has 1 aliphatic heterocycles. The molecule has 3 rings (SSSR count). The van der Waals surface area contributed by atoms with Crippen molar-refractivity contribution >= 4 is 5.91 Å². The van der Waals surface area contributed by atoms with Gasteiger partial charge in [-0.15, -0.1) is 0 Å². The van der Waals surface area contributed by atoms with Gasteiger partial charge in [-0.05, 0) is 24.1 Å². The van der Waals surface area contributed by atoms with Crippen molar-refractivity contribution in [2.24, 2.45) is 0 Å². The highest BCUT2D eigenvalue weighted by molar-refractivity contribution is 5.78. The number of carbonyl (C=O) groups excluding carboxylic acids is 1. The number of hydrogen-bond donors (Lipinski definition) is 0. The molecule has 0 atom stereocenters. The molecule has 1 aromatic carbocycles. The smallest absolute Gasteiger partial charge is 0.370 e. The van der Waals surface area contributed by atoms with Crippen LogP contribution in [0.3, 0.4) is 0 Å². The Hall–Kier alpha value is -2.92. The normalized spacial score (nSPS) is 14.9. The fourth-order valence-corrected chi connectivity index (χ4v) is 2.87. The van der Waals surface area contributed by atoms with Gasteiger partial charge >= 0.3 is 6.18 Å². The van der Waals surface area contributed by atoms with Crippen molar-refractivity contribution in [3.05, 3.63) is 52.7 Å². The number of morpholine rings is 1. The second-order valence-electron chi connectivity index (χ2n) is 6.22. The lowest BCUT2D eigenvalue weighted by molar-refractivity contribution is -0.143. The lowest BCUT2D eigenvalue weighted by Crippen LogP contribution is -2.40. The van der Waals surface area contributed by atoms with Gasteiger partial charge in [0.2, 0.25) is 5.91 Å². The van der Waals surface area contributed by atoms with Gasteiger partial charge in [-0.2, -0.15) is 18.4 Å². The molecular formula is C19H16F3N3O2. The Morgan fingerprint density at radius 1 is 1.30 bits per heavy atom. The molecule has 1 saturated heterocycles. The number of carbonyl (C=O) groups is 1. The monoisotopic (exact) mass is 375 g/mol. The molecule has 0 aliphatic carbocycles. The van der Waals surface area contributed by atoms with Gasteiger partial charge in [0, 0.05) is 18.7 Å². The maximum absolute atomic E-state index is 13.1. The summed E-state index contributed by atoms with van der Waals surface area (Å²) in [6.45, 7) is 2.87. The Labute approximate surface area is 154 Å². The molecule has 5 nitrogen and oxygen atoms in total. The summed E-state index contributed by atoms with van der Waals surface area (Å²) in [7, 11) is 0. The van der Waals surface area contributed by atoms with Gasteiger partial charge in [0.1, 0.15) is 18.4 Å². The van der Waals surface area contributed by atoms with Gasteiger partial charge in [-0.25, -0.2) is 4.98 Å². The highest BCUT2D eigenvalue weighted by atomic mass is 19.4. The van der Waals surface area contributed by atoms with Crippen LogP contribution in [0.5, 0.6) is 0 Å². The Morgan fingerprint density at radius 2 is 2.00 bits per heavy atom. The number of pyridine rings is 1. The van der Waals surface area contributed by atoms with Crippen molar-refractivity contribution in [3.63, 3.8) is 0 Å². The molecule has 0 unspecified atom stereocenters. The van der Waals surface area contributed by atoms with Crippen molar-refractivity contribution in [1.29, 1.82) is 5.26 Å². The summed E-state index contributed by atoms with van der Waals surface area (Å²) in [6, 6.07) is 9.47. The molecule has 1 fully saturated rings. The van der Waals surface area contributed by atoms with Crippen molar-refractivity contribution in [2.45, 2.75) is 19.6 Å². The largest absolute Gasteiger partial charge is 0.433 e. The molecule has 1 amide bonds. The molecular weight excluding hydrogens is 359 g/mol. The highest BCUT2D eigenvalue weighted by Gasteiger charge is 2.34. The maximum Gasteiger partial charge on any atom is 0.433 e. The molecule has 0 bridgehead atoms. The predicted octanol–water partition coefficient (Wildman–Crippen LogP) is 3.31. The Kier molecular flexibility index (Phi) is 5.15. The van der Waals surface area contributed by atoms with E-state index in [0.29, 0.717) is 25.3 Å². The molecule has 1 aromatic heterocycles. The zero-order valence-corrected chi connectivity index (χ0v) is 14.5. The number of nitrogens with zero attached hydrogens (tertiary/aromatic N) is 3. The summed E-state index contributed by atoms with van der Waals surface area (Å²) in [6.07, 6.45) is -4.59. The Morgan fingerprint density at radius 3 is 2.59 bits per heavy atom. The van der Waals surface area contributed by atoms with Crippen LogP contribution in [0.4, 0.5) is 13.2 Å². The predicted molar refractivity (Wildman–Crippen MR) is 90.4 cm³/mol. The zero-order chi connectivity index (χ0) is 19.6. The van der Waals surface area contributed by atoms with Crippen molar-refractivity contribution < 1.29 is 22.7 Å². The van der Waals surface area contributed by atoms with Crippen LogP contribution in [0.1, 0.15) is 22.4 Å². The summed E-state index contributed by atoms with van der Waals surface area (Å²) in [5.74, 6) is -0.104. The molecule has 27 heavy (non-hydrogen) atoms. The molecule has 0 spiro atoms. The van der Waals surface area contributed by atoms with Gasteiger partial charge in [0.15, 0.2) is 0 Å². The highest BCUT2D eigenvalue weighted by Crippen LogP contribution is 2.33. The molecule has 2 aromatic rings. The van der Waals surface area contributed by atoms with Crippen LogP contribution >= 0.6 is 0 Å². The second kappa shape index (κ2) is 7.37. The van der Waals surface area contributed by atoms with E-state index >= 15 is 0 Å². The third kappa shape index (κ3) is 4.09. The first kappa shape index (κ1) is 18.9. The van der Waals surface area contributed by atoms with Gasteiger partial charge in [-0.1, -0.05) is 24.3 Å². The SMILES string of the molecule is Cc1cc(C(F)(F)F)nc(-c2ccc(CN3CCOCC3=O)cc2)c1C#N.